The molecule has 152 valence electrons. The summed E-state index contributed by atoms with van der Waals surface area (Å²) in [5.74, 6) is 1.33. The number of hydrogen-bond acceptors (Lipinski definition) is 6. The van der Waals surface area contributed by atoms with E-state index in [4.69, 9.17) is 4.74 Å². The molecule has 0 amide bonds. The zero-order chi connectivity index (χ0) is 21.1. The number of aromatic nitrogens is 2. The molecule has 0 radical (unpaired) electrons. The first-order valence-electron chi connectivity index (χ1n) is 9.65. The van der Waals surface area contributed by atoms with E-state index in [0.717, 1.165) is 32.6 Å². The number of nitrogens with one attached hydrogen (secondary N) is 1. The summed E-state index contributed by atoms with van der Waals surface area (Å²) < 4.78 is 6.18. The number of aliphatic hydroxyl groups is 1. The Kier molecular flexibility index (Phi) is 5.53. The molecule has 0 spiro atoms. The van der Waals surface area contributed by atoms with E-state index in [1.165, 1.54) is 11.3 Å². The van der Waals surface area contributed by atoms with Crippen molar-refractivity contribution < 1.29 is 9.84 Å². The van der Waals surface area contributed by atoms with Crippen LogP contribution in [0.3, 0.4) is 0 Å². The molecule has 4 rings (SSSR count). The normalized spacial score (nSPS) is 11.3. The lowest BCUT2D eigenvalue weighted by molar-refractivity contribution is 0.0786. The standard InChI is InChI=1S/C24H23N3O2S/c1-16-26-22(17-8-5-4-6-9-17)23(30-16)29-20-12-13-25-21(15-20)27-19-11-7-10-18(14-19)24(2,3)28/h4-15,28H,1-3H3,(H,25,27). The van der Waals surface area contributed by atoms with E-state index >= 15 is 0 Å². The second-order valence-electron chi connectivity index (χ2n) is 7.48. The van der Waals surface area contributed by atoms with Crippen molar-refractivity contribution in [2.45, 2.75) is 26.4 Å². The summed E-state index contributed by atoms with van der Waals surface area (Å²) in [6, 6.07) is 21.3. The number of aryl methyl sites for hydroxylation is 1. The summed E-state index contributed by atoms with van der Waals surface area (Å²) in [6.45, 7) is 5.50. The summed E-state index contributed by atoms with van der Waals surface area (Å²) in [7, 11) is 0. The average Bonchev–Trinajstić information content (AvgIpc) is 3.08. The Morgan fingerprint density at radius 1 is 1.00 bits per heavy atom. The Bertz CT molecular complexity index is 1150. The molecule has 0 aliphatic rings. The van der Waals surface area contributed by atoms with Crippen LogP contribution in [0.4, 0.5) is 11.5 Å². The van der Waals surface area contributed by atoms with Crippen molar-refractivity contribution in [2.24, 2.45) is 0 Å². The highest BCUT2D eigenvalue weighted by molar-refractivity contribution is 7.13. The minimum absolute atomic E-state index is 0.655. The maximum atomic E-state index is 10.2. The fourth-order valence-electron chi connectivity index (χ4n) is 3.03. The molecule has 5 nitrogen and oxygen atoms in total. The van der Waals surface area contributed by atoms with Crippen molar-refractivity contribution in [2.75, 3.05) is 5.32 Å². The molecule has 4 aromatic rings. The molecule has 0 unspecified atom stereocenters. The molecule has 0 saturated carbocycles. The van der Waals surface area contributed by atoms with E-state index in [0.29, 0.717) is 11.6 Å². The van der Waals surface area contributed by atoms with E-state index in [2.05, 4.69) is 15.3 Å². The average molecular weight is 418 g/mol. The third-order valence-electron chi connectivity index (χ3n) is 4.53. The fourth-order valence-corrected chi connectivity index (χ4v) is 3.83. The van der Waals surface area contributed by atoms with Crippen LogP contribution in [0.25, 0.3) is 11.3 Å². The second kappa shape index (κ2) is 8.26. The lowest BCUT2D eigenvalue weighted by Crippen LogP contribution is -2.15. The monoisotopic (exact) mass is 417 g/mol. The first-order chi connectivity index (χ1) is 14.4. The zero-order valence-electron chi connectivity index (χ0n) is 17.1. The quantitative estimate of drug-likeness (QED) is 0.387. The summed E-state index contributed by atoms with van der Waals surface area (Å²) in [5.41, 5.74) is 2.62. The molecule has 6 heteroatoms. The number of hydrogen-bond donors (Lipinski definition) is 2. The van der Waals surface area contributed by atoms with Gasteiger partial charge in [-0.3, -0.25) is 0 Å². The maximum Gasteiger partial charge on any atom is 0.208 e. The first kappa shape index (κ1) is 20.1. The van der Waals surface area contributed by atoms with Gasteiger partial charge in [-0.25, -0.2) is 9.97 Å². The summed E-state index contributed by atoms with van der Waals surface area (Å²) in [6.07, 6.45) is 1.70. The fraction of sp³-hybridized carbons (Fsp3) is 0.167. The number of benzene rings is 2. The SMILES string of the molecule is Cc1nc(-c2ccccc2)c(Oc2ccnc(Nc3cccc(C(C)(C)O)c3)c2)s1. The molecule has 2 heterocycles. The van der Waals surface area contributed by atoms with Gasteiger partial charge in [0.05, 0.1) is 10.6 Å². The third kappa shape index (κ3) is 4.67. The second-order valence-corrected chi connectivity index (χ2v) is 8.64. The van der Waals surface area contributed by atoms with Crippen LogP contribution in [-0.4, -0.2) is 15.1 Å². The highest BCUT2D eigenvalue weighted by Crippen LogP contribution is 2.38. The number of pyridine rings is 1. The van der Waals surface area contributed by atoms with Crippen LogP contribution in [-0.2, 0) is 5.60 Å². The molecule has 2 aromatic carbocycles. The molecular formula is C24H23N3O2S. The number of anilines is 2. The van der Waals surface area contributed by atoms with Crippen LogP contribution in [0.15, 0.2) is 72.9 Å². The van der Waals surface area contributed by atoms with Gasteiger partial charge in [0.2, 0.25) is 5.06 Å². The predicted molar refractivity (Wildman–Crippen MR) is 122 cm³/mol. The van der Waals surface area contributed by atoms with E-state index in [9.17, 15) is 5.11 Å². The molecule has 0 saturated heterocycles. The lowest BCUT2D eigenvalue weighted by Gasteiger charge is -2.18. The van der Waals surface area contributed by atoms with Gasteiger partial charge in [-0.05, 0) is 44.5 Å². The Balaban J connectivity index is 1.57. The molecule has 2 aromatic heterocycles. The first-order valence-corrected chi connectivity index (χ1v) is 10.5. The summed E-state index contributed by atoms with van der Waals surface area (Å²) in [4.78, 5) is 9.03. The Hall–Kier alpha value is -3.22. The largest absolute Gasteiger partial charge is 0.444 e. The third-order valence-corrected chi connectivity index (χ3v) is 5.38. The molecule has 30 heavy (non-hydrogen) atoms. The van der Waals surface area contributed by atoms with Crippen molar-refractivity contribution in [1.29, 1.82) is 0 Å². The topological polar surface area (TPSA) is 67.3 Å². The van der Waals surface area contributed by atoms with Gasteiger partial charge >= 0.3 is 0 Å². The van der Waals surface area contributed by atoms with Gasteiger partial charge in [-0.15, -0.1) is 0 Å². The van der Waals surface area contributed by atoms with Crippen LogP contribution in [0.2, 0.25) is 0 Å². The molecule has 0 aliphatic heterocycles. The van der Waals surface area contributed by atoms with Crippen LogP contribution >= 0.6 is 11.3 Å². The number of ether oxygens (including phenoxy) is 1. The maximum absolute atomic E-state index is 10.2. The summed E-state index contributed by atoms with van der Waals surface area (Å²) >= 11 is 1.52. The van der Waals surface area contributed by atoms with Gasteiger partial charge in [0.15, 0.2) is 0 Å². The van der Waals surface area contributed by atoms with Crippen LogP contribution < -0.4 is 10.1 Å². The zero-order valence-corrected chi connectivity index (χ0v) is 17.9. The number of nitrogens with zero attached hydrogens (tertiary/aromatic N) is 2. The van der Waals surface area contributed by atoms with Gasteiger partial charge in [0.25, 0.3) is 0 Å². The smallest absolute Gasteiger partial charge is 0.208 e. The molecule has 0 aliphatic carbocycles. The van der Waals surface area contributed by atoms with Crippen molar-refractivity contribution in [1.82, 2.24) is 9.97 Å². The van der Waals surface area contributed by atoms with Gasteiger partial charge in [-0.2, -0.15) is 0 Å². The lowest BCUT2D eigenvalue weighted by atomic mass is 9.98. The number of rotatable bonds is 6. The van der Waals surface area contributed by atoms with Gasteiger partial charge in [-0.1, -0.05) is 53.8 Å². The molecule has 0 fully saturated rings. The number of thiazole rings is 1. The van der Waals surface area contributed by atoms with E-state index in [1.54, 1.807) is 20.0 Å². The molecule has 0 atom stereocenters. The van der Waals surface area contributed by atoms with Crippen molar-refractivity contribution in [3.63, 3.8) is 0 Å². The van der Waals surface area contributed by atoms with E-state index in [1.807, 2.05) is 73.7 Å². The predicted octanol–water partition coefficient (Wildman–Crippen LogP) is 6.28. The van der Waals surface area contributed by atoms with E-state index in [-0.39, 0.29) is 0 Å². The Morgan fingerprint density at radius 3 is 2.57 bits per heavy atom. The van der Waals surface area contributed by atoms with Gasteiger partial charge in [0.1, 0.15) is 17.3 Å². The van der Waals surface area contributed by atoms with Crippen LogP contribution in [0.1, 0.15) is 24.4 Å². The van der Waals surface area contributed by atoms with E-state index < -0.39 is 5.60 Å². The van der Waals surface area contributed by atoms with Crippen molar-refractivity contribution in [3.8, 4) is 22.1 Å². The highest BCUT2D eigenvalue weighted by Gasteiger charge is 2.16. The Labute approximate surface area is 180 Å². The molecular weight excluding hydrogens is 394 g/mol. The highest BCUT2D eigenvalue weighted by atomic mass is 32.1. The van der Waals surface area contributed by atoms with Crippen molar-refractivity contribution in [3.05, 3.63) is 83.5 Å². The van der Waals surface area contributed by atoms with Crippen molar-refractivity contribution >= 4 is 22.8 Å². The minimum atomic E-state index is -0.909. The van der Waals surface area contributed by atoms with Gasteiger partial charge < -0.3 is 15.2 Å². The van der Waals surface area contributed by atoms with Crippen LogP contribution in [0.5, 0.6) is 10.8 Å². The van der Waals surface area contributed by atoms with Crippen LogP contribution in [0, 0.1) is 6.92 Å². The Morgan fingerprint density at radius 2 is 1.80 bits per heavy atom. The molecule has 2 N–H and O–H groups in total. The molecule has 0 bridgehead atoms. The van der Waals surface area contributed by atoms with Gasteiger partial charge in [0, 0.05) is 23.5 Å². The summed E-state index contributed by atoms with van der Waals surface area (Å²) in [5, 5.41) is 15.2. The minimum Gasteiger partial charge on any atom is -0.444 e.